The maximum Gasteiger partial charge on any atom is 0.351 e. The Labute approximate surface area is 176 Å². The quantitative estimate of drug-likeness (QED) is 0.529. The number of anilines is 1. The maximum absolute atomic E-state index is 12.7. The summed E-state index contributed by atoms with van der Waals surface area (Å²) >= 11 is 5.98. The lowest BCUT2D eigenvalue weighted by molar-refractivity contribution is -0.117. The molecule has 2 heterocycles. The number of amides is 1. The number of carbonyl (C=O) groups excluding carboxylic acids is 1. The van der Waals surface area contributed by atoms with Crippen molar-refractivity contribution >= 4 is 28.8 Å². The van der Waals surface area contributed by atoms with Gasteiger partial charge in [0.2, 0.25) is 11.6 Å². The Balaban J connectivity index is 1.60. The summed E-state index contributed by atoms with van der Waals surface area (Å²) in [6, 6.07) is 12.5. The van der Waals surface area contributed by atoms with Crippen molar-refractivity contribution in [2.24, 2.45) is 0 Å². The molecule has 8 nitrogen and oxygen atoms in total. The van der Waals surface area contributed by atoms with Gasteiger partial charge >= 0.3 is 5.69 Å². The highest BCUT2D eigenvalue weighted by Gasteiger charge is 2.16. The second kappa shape index (κ2) is 8.00. The molecule has 2 aromatic carbocycles. The summed E-state index contributed by atoms with van der Waals surface area (Å²) in [5.74, 6) is 0.223. The van der Waals surface area contributed by atoms with Gasteiger partial charge in [-0.25, -0.2) is 18.9 Å². The van der Waals surface area contributed by atoms with Crippen molar-refractivity contribution in [1.82, 2.24) is 19.2 Å². The minimum Gasteiger partial charge on any atom is -0.436 e. The van der Waals surface area contributed by atoms with Gasteiger partial charge in [-0.05, 0) is 43.7 Å². The Morgan fingerprint density at radius 1 is 1.20 bits per heavy atom. The lowest BCUT2D eigenvalue weighted by Gasteiger charge is -2.08. The largest absolute Gasteiger partial charge is 0.436 e. The highest BCUT2D eigenvalue weighted by atomic mass is 35.5. The van der Waals surface area contributed by atoms with E-state index < -0.39 is 5.69 Å². The van der Waals surface area contributed by atoms with Gasteiger partial charge in [-0.15, -0.1) is 5.10 Å². The van der Waals surface area contributed by atoms with Crippen molar-refractivity contribution < 1.29 is 9.53 Å². The highest BCUT2D eigenvalue weighted by Crippen LogP contribution is 2.24. The molecule has 0 saturated carbocycles. The highest BCUT2D eigenvalue weighted by molar-refractivity contribution is 6.30. The molecule has 0 unspecified atom stereocenters. The van der Waals surface area contributed by atoms with Crippen molar-refractivity contribution in [2.45, 2.75) is 20.4 Å². The van der Waals surface area contributed by atoms with Crippen LogP contribution in [0.1, 0.15) is 11.1 Å². The van der Waals surface area contributed by atoms with Crippen molar-refractivity contribution in [3.63, 3.8) is 0 Å². The van der Waals surface area contributed by atoms with Crippen molar-refractivity contribution in [3.05, 3.63) is 81.5 Å². The fourth-order valence-electron chi connectivity index (χ4n) is 3.02. The van der Waals surface area contributed by atoms with E-state index in [4.69, 9.17) is 16.3 Å². The van der Waals surface area contributed by atoms with Gasteiger partial charge in [0.1, 0.15) is 12.3 Å². The number of nitrogens with zero attached hydrogens (tertiary/aromatic N) is 4. The van der Waals surface area contributed by atoms with E-state index >= 15 is 0 Å². The van der Waals surface area contributed by atoms with Crippen LogP contribution in [-0.4, -0.2) is 25.1 Å². The van der Waals surface area contributed by atoms with Gasteiger partial charge in [-0.1, -0.05) is 35.4 Å². The summed E-state index contributed by atoms with van der Waals surface area (Å²) in [5, 5.41) is 7.55. The average Bonchev–Trinajstić information content (AvgIpc) is 3.01. The number of carbonyl (C=O) groups is 1. The summed E-state index contributed by atoms with van der Waals surface area (Å²) in [4.78, 5) is 29.3. The number of aromatic nitrogens is 4. The molecule has 0 bridgehead atoms. The summed E-state index contributed by atoms with van der Waals surface area (Å²) < 4.78 is 8.08. The Morgan fingerprint density at radius 3 is 2.80 bits per heavy atom. The second-order valence-electron chi connectivity index (χ2n) is 6.79. The molecule has 0 aliphatic rings. The molecule has 0 aliphatic heterocycles. The van der Waals surface area contributed by atoms with Crippen LogP contribution in [-0.2, 0) is 11.3 Å². The zero-order valence-electron chi connectivity index (χ0n) is 16.3. The summed E-state index contributed by atoms with van der Waals surface area (Å²) in [5.41, 5.74) is 2.45. The van der Waals surface area contributed by atoms with Crippen LogP contribution in [0.15, 0.2) is 59.7 Å². The minimum atomic E-state index is -0.473. The van der Waals surface area contributed by atoms with E-state index in [1.807, 2.05) is 32.0 Å². The zero-order valence-corrected chi connectivity index (χ0v) is 17.1. The topological polar surface area (TPSA) is 90.5 Å². The van der Waals surface area contributed by atoms with Gasteiger partial charge < -0.3 is 10.1 Å². The second-order valence-corrected chi connectivity index (χ2v) is 7.23. The third kappa shape index (κ3) is 4.04. The Bertz CT molecular complexity index is 1310. The van der Waals surface area contributed by atoms with Gasteiger partial charge in [0.25, 0.3) is 5.88 Å². The van der Waals surface area contributed by atoms with E-state index in [9.17, 15) is 9.59 Å². The first-order valence-corrected chi connectivity index (χ1v) is 9.53. The number of hydrogen-bond donors (Lipinski definition) is 1. The van der Waals surface area contributed by atoms with Crippen LogP contribution < -0.4 is 15.7 Å². The molecule has 0 spiro atoms. The Hall–Kier alpha value is -3.65. The van der Waals surface area contributed by atoms with Gasteiger partial charge in [0.05, 0.1) is 0 Å². The molecule has 0 fully saturated rings. The molecule has 30 heavy (non-hydrogen) atoms. The first kappa shape index (κ1) is 19.7. The van der Waals surface area contributed by atoms with Gasteiger partial charge in [0, 0.05) is 23.1 Å². The molecule has 1 N–H and O–H groups in total. The van der Waals surface area contributed by atoms with Crippen LogP contribution in [0.4, 0.5) is 5.69 Å². The summed E-state index contributed by atoms with van der Waals surface area (Å²) in [6.45, 7) is 3.64. The van der Waals surface area contributed by atoms with E-state index in [1.54, 1.807) is 24.3 Å². The third-order valence-corrected chi connectivity index (χ3v) is 4.66. The molecule has 0 radical (unpaired) electrons. The predicted molar refractivity (Wildman–Crippen MR) is 113 cm³/mol. The van der Waals surface area contributed by atoms with Gasteiger partial charge in [-0.2, -0.15) is 0 Å². The van der Waals surface area contributed by atoms with E-state index in [0.717, 1.165) is 15.8 Å². The average molecular weight is 424 g/mol. The van der Waals surface area contributed by atoms with Crippen LogP contribution in [0.3, 0.4) is 0 Å². The monoisotopic (exact) mass is 423 g/mol. The number of ether oxygens (including phenoxy) is 1. The number of aryl methyl sites for hydroxylation is 2. The van der Waals surface area contributed by atoms with Crippen LogP contribution in [0.25, 0.3) is 5.65 Å². The van der Waals surface area contributed by atoms with Crippen molar-refractivity contribution in [3.8, 4) is 11.6 Å². The SMILES string of the molecule is Cc1ccc(NC(=O)Cn2nc3c(Oc4cccc(Cl)c4)nccn3c2=O)c(C)c1. The molecule has 0 aliphatic carbocycles. The molecule has 2 aromatic heterocycles. The Kier molecular flexibility index (Phi) is 5.24. The fourth-order valence-corrected chi connectivity index (χ4v) is 3.20. The minimum absolute atomic E-state index is 0.130. The van der Waals surface area contributed by atoms with Crippen LogP contribution in [0.2, 0.25) is 5.02 Å². The molecule has 0 saturated heterocycles. The molecule has 1 amide bonds. The number of nitrogens with one attached hydrogen (secondary N) is 1. The fraction of sp³-hybridized carbons (Fsp3) is 0.143. The first-order chi connectivity index (χ1) is 14.4. The number of benzene rings is 2. The molecule has 0 atom stereocenters. The number of hydrogen-bond acceptors (Lipinski definition) is 5. The van der Waals surface area contributed by atoms with Crippen LogP contribution in [0, 0.1) is 13.8 Å². The maximum atomic E-state index is 12.7. The molecule has 4 rings (SSSR count). The number of rotatable bonds is 5. The molecule has 152 valence electrons. The third-order valence-electron chi connectivity index (χ3n) is 4.43. The molecule has 4 aromatic rings. The van der Waals surface area contributed by atoms with E-state index in [1.165, 1.54) is 16.8 Å². The summed E-state index contributed by atoms with van der Waals surface area (Å²) in [7, 11) is 0. The lowest BCUT2D eigenvalue weighted by Crippen LogP contribution is -2.28. The zero-order chi connectivity index (χ0) is 21.3. The standard InChI is InChI=1S/C21H18ClN5O3/c1-13-6-7-17(14(2)10-13)24-18(28)12-27-21(29)26-9-8-23-20(19(26)25-27)30-16-5-3-4-15(22)11-16/h3-11H,12H2,1-2H3,(H,24,28). The lowest BCUT2D eigenvalue weighted by atomic mass is 10.1. The molecular formula is C21H18ClN5O3. The van der Waals surface area contributed by atoms with E-state index in [-0.39, 0.29) is 24.0 Å². The van der Waals surface area contributed by atoms with Crippen LogP contribution >= 0.6 is 11.6 Å². The smallest absolute Gasteiger partial charge is 0.351 e. The van der Waals surface area contributed by atoms with Gasteiger partial charge in [-0.3, -0.25) is 4.79 Å². The first-order valence-electron chi connectivity index (χ1n) is 9.15. The normalized spacial score (nSPS) is 10.9. The van der Waals surface area contributed by atoms with Crippen molar-refractivity contribution in [2.75, 3.05) is 5.32 Å². The van der Waals surface area contributed by atoms with E-state index in [2.05, 4.69) is 15.4 Å². The number of halogens is 1. The predicted octanol–water partition coefficient (Wildman–Crippen LogP) is 3.59. The van der Waals surface area contributed by atoms with Crippen LogP contribution in [0.5, 0.6) is 11.6 Å². The Morgan fingerprint density at radius 2 is 2.03 bits per heavy atom. The molecule has 9 heteroatoms. The molecular weight excluding hydrogens is 406 g/mol. The van der Waals surface area contributed by atoms with Crippen molar-refractivity contribution in [1.29, 1.82) is 0 Å². The van der Waals surface area contributed by atoms with Gasteiger partial charge in [0.15, 0.2) is 0 Å². The number of fused-ring (bicyclic) bond motifs is 1. The van der Waals surface area contributed by atoms with E-state index in [0.29, 0.717) is 16.5 Å². The summed E-state index contributed by atoms with van der Waals surface area (Å²) in [6.07, 6.45) is 2.89.